The third-order valence-electron chi connectivity index (χ3n) is 3.47. The van der Waals surface area contributed by atoms with Crippen LogP contribution in [0.25, 0.3) is 0 Å². The lowest BCUT2D eigenvalue weighted by atomic mass is 10.3. The Bertz CT molecular complexity index is 1000. The van der Waals surface area contributed by atoms with E-state index in [4.69, 9.17) is 9.47 Å². The maximum absolute atomic E-state index is 12.6. The fourth-order valence-electron chi connectivity index (χ4n) is 2.35. The molecule has 3 rings (SSSR count). The number of nitrogens with one attached hydrogen (secondary N) is 2. The number of fused-ring (bicyclic) bond motifs is 1. The lowest BCUT2D eigenvalue weighted by molar-refractivity contribution is 0.297. The summed E-state index contributed by atoms with van der Waals surface area (Å²) < 4.78 is 63.3. The van der Waals surface area contributed by atoms with Crippen LogP contribution in [0.15, 0.2) is 47.4 Å². The van der Waals surface area contributed by atoms with Crippen molar-refractivity contribution < 1.29 is 26.3 Å². The van der Waals surface area contributed by atoms with E-state index in [2.05, 4.69) is 9.44 Å². The molecule has 0 amide bonds. The molecule has 0 saturated carbocycles. The van der Waals surface area contributed by atoms with Crippen molar-refractivity contribution >= 4 is 31.4 Å². The first-order valence-electron chi connectivity index (χ1n) is 7.73. The Morgan fingerprint density at radius 2 is 1.38 bits per heavy atom. The summed E-state index contributed by atoms with van der Waals surface area (Å²) in [5.41, 5.74) is 0.641. The van der Waals surface area contributed by atoms with E-state index in [1.165, 1.54) is 36.4 Å². The molecule has 0 atom stereocenters. The Morgan fingerprint density at radius 1 is 0.808 bits per heavy atom. The van der Waals surface area contributed by atoms with Crippen LogP contribution in [0.5, 0.6) is 11.5 Å². The second-order valence-electron chi connectivity index (χ2n) is 5.72. The molecule has 140 valence electrons. The molecule has 26 heavy (non-hydrogen) atoms. The van der Waals surface area contributed by atoms with Crippen LogP contribution in [0.1, 0.15) is 6.42 Å². The van der Waals surface area contributed by atoms with Crippen molar-refractivity contribution in [3.8, 4) is 11.5 Å². The summed E-state index contributed by atoms with van der Waals surface area (Å²) in [6.07, 6.45) is 1.76. The Kier molecular flexibility index (Phi) is 4.97. The van der Waals surface area contributed by atoms with Crippen LogP contribution in [0.3, 0.4) is 0 Å². The molecule has 0 aliphatic carbocycles. The zero-order valence-electron chi connectivity index (χ0n) is 13.9. The van der Waals surface area contributed by atoms with Crippen LogP contribution in [0, 0.1) is 0 Å². The normalized spacial score (nSPS) is 14.3. The number of ether oxygens (including phenoxy) is 2. The molecule has 1 heterocycles. The first-order valence-corrected chi connectivity index (χ1v) is 11.1. The van der Waals surface area contributed by atoms with Crippen molar-refractivity contribution in [1.82, 2.24) is 0 Å². The molecular weight excluding hydrogens is 380 g/mol. The van der Waals surface area contributed by atoms with Crippen molar-refractivity contribution in [2.45, 2.75) is 11.3 Å². The zero-order chi connectivity index (χ0) is 18.8. The highest BCUT2D eigenvalue weighted by atomic mass is 32.2. The SMILES string of the molecule is CS(=O)(=O)Nc1ccc(NS(=O)(=O)c2ccc3c(c2)OCCCO3)cc1. The summed E-state index contributed by atoms with van der Waals surface area (Å²) in [6, 6.07) is 10.3. The van der Waals surface area contributed by atoms with Gasteiger partial charge in [-0.05, 0) is 36.4 Å². The van der Waals surface area contributed by atoms with Crippen molar-refractivity contribution in [2.75, 3.05) is 28.9 Å². The number of anilines is 2. The molecule has 2 aromatic carbocycles. The molecule has 8 nitrogen and oxygen atoms in total. The third kappa shape index (κ3) is 4.58. The summed E-state index contributed by atoms with van der Waals surface area (Å²) >= 11 is 0. The minimum Gasteiger partial charge on any atom is -0.490 e. The van der Waals surface area contributed by atoms with Gasteiger partial charge >= 0.3 is 0 Å². The first kappa shape index (κ1) is 18.3. The zero-order valence-corrected chi connectivity index (χ0v) is 15.6. The van der Waals surface area contributed by atoms with Crippen molar-refractivity contribution in [2.24, 2.45) is 0 Å². The maximum Gasteiger partial charge on any atom is 0.262 e. The predicted molar refractivity (Wildman–Crippen MR) is 97.8 cm³/mol. The summed E-state index contributed by atoms with van der Waals surface area (Å²) in [7, 11) is -7.23. The highest BCUT2D eigenvalue weighted by Gasteiger charge is 2.19. The first-order chi connectivity index (χ1) is 12.2. The highest BCUT2D eigenvalue weighted by Crippen LogP contribution is 2.32. The summed E-state index contributed by atoms with van der Waals surface area (Å²) in [4.78, 5) is 0.0417. The van der Waals surface area contributed by atoms with Gasteiger partial charge in [0.15, 0.2) is 11.5 Å². The molecule has 2 aromatic rings. The molecule has 10 heteroatoms. The van der Waals surface area contributed by atoms with Crippen molar-refractivity contribution in [3.63, 3.8) is 0 Å². The minimum atomic E-state index is -3.83. The van der Waals surface area contributed by atoms with Gasteiger partial charge in [0, 0.05) is 23.9 Å². The standard InChI is InChI=1S/C16H18N2O6S2/c1-25(19,20)17-12-3-5-13(6-4-12)18-26(21,22)14-7-8-15-16(11-14)24-10-2-9-23-15/h3-8,11,17-18H,2,9-10H2,1H3. The van der Waals surface area contributed by atoms with Crippen LogP contribution >= 0.6 is 0 Å². The van der Waals surface area contributed by atoms with E-state index in [0.717, 1.165) is 12.7 Å². The van der Waals surface area contributed by atoms with E-state index in [9.17, 15) is 16.8 Å². The number of hydrogen-bond donors (Lipinski definition) is 2. The maximum atomic E-state index is 12.6. The number of sulfonamides is 2. The van der Waals surface area contributed by atoms with Crippen LogP contribution < -0.4 is 18.9 Å². The summed E-state index contributed by atoms with van der Waals surface area (Å²) in [5, 5.41) is 0. The average molecular weight is 398 g/mol. The van der Waals surface area contributed by atoms with Gasteiger partial charge < -0.3 is 9.47 Å². The Balaban J connectivity index is 1.79. The van der Waals surface area contributed by atoms with E-state index in [0.29, 0.717) is 36.1 Å². The third-order valence-corrected chi connectivity index (χ3v) is 5.46. The second-order valence-corrected chi connectivity index (χ2v) is 9.15. The van der Waals surface area contributed by atoms with Gasteiger partial charge in [0.1, 0.15) is 0 Å². The molecule has 0 fully saturated rings. The fraction of sp³-hybridized carbons (Fsp3) is 0.250. The Morgan fingerprint density at radius 3 is 2.00 bits per heavy atom. The molecule has 1 aliphatic heterocycles. The van der Waals surface area contributed by atoms with Gasteiger partial charge in [0.2, 0.25) is 10.0 Å². The van der Waals surface area contributed by atoms with E-state index in [1.807, 2.05) is 0 Å². The van der Waals surface area contributed by atoms with Gasteiger partial charge in [-0.25, -0.2) is 16.8 Å². The van der Waals surface area contributed by atoms with Crippen LogP contribution in [-0.4, -0.2) is 36.3 Å². The van der Waals surface area contributed by atoms with Crippen LogP contribution in [0.4, 0.5) is 11.4 Å². The van der Waals surface area contributed by atoms with E-state index >= 15 is 0 Å². The van der Waals surface area contributed by atoms with Gasteiger partial charge in [-0.15, -0.1) is 0 Å². The van der Waals surface area contributed by atoms with Crippen LogP contribution in [0.2, 0.25) is 0 Å². The molecule has 1 aliphatic rings. The lowest BCUT2D eigenvalue weighted by Crippen LogP contribution is -2.13. The van der Waals surface area contributed by atoms with Gasteiger partial charge in [-0.1, -0.05) is 0 Å². The Labute approximate surface area is 152 Å². The number of hydrogen-bond acceptors (Lipinski definition) is 6. The summed E-state index contributed by atoms with van der Waals surface area (Å²) in [6.45, 7) is 0.976. The molecule has 0 unspecified atom stereocenters. The van der Waals surface area contributed by atoms with Gasteiger partial charge in [0.05, 0.1) is 24.4 Å². The van der Waals surface area contributed by atoms with E-state index in [1.54, 1.807) is 6.07 Å². The number of benzene rings is 2. The molecule has 0 aromatic heterocycles. The van der Waals surface area contributed by atoms with Crippen molar-refractivity contribution in [3.05, 3.63) is 42.5 Å². The predicted octanol–water partition coefficient (Wildman–Crippen LogP) is 2.02. The minimum absolute atomic E-state index is 0.0417. The molecule has 0 bridgehead atoms. The van der Waals surface area contributed by atoms with Gasteiger partial charge in [0.25, 0.3) is 10.0 Å². The van der Waals surface area contributed by atoms with Crippen molar-refractivity contribution in [1.29, 1.82) is 0 Å². The van der Waals surface area contributed by atoms with Gasteiger partial charge in [-0.3, -0.25) is 9.44 Å². The highest BCUT2D eigenvalue weighted by molar-refractivity contribution is 7.92. The molecule has 0 spiro atoms. The lowest BCUT2D eigenvalue weighted by Gasteiger charge is -2.12. The monoisotopic (exact) mass is 398 g/mol. The molecule has 0 radical (unpaired) electrons. The topological polar surface area (TPSA) is 111 Å². The molecule has 2 N–H and O–H groups in total. The summed E-state index contributed by atoms with van der Waals surface area (Å²) in [5.74, 6) is 0.899. The second kappa shape index (κ2) is 7.04. The van der Waals surface area contributed by atoms with Crippen LogP contribution in [-0.2, 0) is 20.0 Å². The average Bonchev–Trinajstić information content (AvgIpc) is 2.79. The van der Waals surface area contributed by atoms with Gasteiger partial charge in [-0.2, -0.15) is 0 Å². The quantitative estimate of drug-likeness (QED) is 0.797. The van der Waals surface area contributed by atoms with E-state index < -0.39 is 20.0 Å². The number of rotatable bonds is 5. The fourth-order valence-corrected chi connectivity index (χ4v) is 3.98. The molecular formula is C16H18N2O6S2. The molecule has 0 saturated heterocycles. The smallest absolute Gasteiger partial charge is 0.262 e. The Hall–Kier alpha value is -2.46. The van der Waals surface area contributed by atoms with E-state index in [-0.39, 0.29) is 4.90 Å². The largest absolute Gasteiger partial charge is 0.490 e.